The maximum absolute atomic E-state index is 12.8. The molecule has 3 heterocycles. The Morgan fingerprint density at radius 3 is 2.96 bits per heavy atom. The van der Waals surface area contributed by atoms with Gasteiger partial charge < -0.3 is 10.2 Å². The van der Waals surface area contributed by atoms with E-state index in [0.717, 1.165) is 43.0 Å². The number of halogens is 1. The van der Waals surface area contributed by atoms with Gasteiger partial charge in [-0.3, -0.25) is 5.32 Å². The van der Waals surface area contributed by atoms with E-state index in [1.54, 1.807) is 6.20 Å². The summed E-state index contributed by atoms with van der Waals surface area (Å²) >= 11 is 5.95. The summed E-state index contributed by atoms with van der Waals surface area (Å²) in [6.45, 7) is 5.29. The summed E-state index contributed by atoms with van der Waals surface area (Å²) < 4.78 is 1.83. The number of aryl methyl sites for hydroxylation is 1. The fourth-order valence-corrected chi connectivity index (χ4v) is 3.92. The quantitative estimate of drug-likeness (QED) is 0.885. The molecule has 0 bridgehead atoms. The number of hydrogen-bond donors (Lipinski definition) is 2. The zero-order valence-corrected chi connectivity index (χ0v) is 15.0. The van der Waals surface area contributed by atoms with Gasteiger partial charge in [0, 0.05) is 36.3 Å². The van der Waals surface area contributed by atoms with Crippen LogP contribution in [0.3, 0.4) is 0 Å². The first-order valence-corrected chi connectivity index (χ1v) is 9.05. The molecular weight excluding hydrogens is 338 g/mol. The number of hydrogen-bond acceptors (Lipinski definition) is 3. The van der Waals surface area contributed by atoms with E-state index in [0.29, 0.717) is 23.5 Å². The molecule has 7 heteroatoms. The number of likely N-dealkylation sites (tertiary alicyclic amines) is 1. The van der Waals surface area contributed by atoms with Gasteiger partial charge in [0.2, 0.25) is 0 Å². The first-order chi connectivity index (χ1) is 12.1. The second-order valence-corrected chi connectivity index (χ2v) is 7.29. The number of aromatic nitrogens is 2. The smallest absolute Gasteiger partial charge is 0.320 e. The van der Waals surface area contributed by atoms with Gasteiger partial charge in [-0.2, -0.15) is 5.10 Å². The molecule has 0 aliphatic carbocycles. The average molecular weight is 360 g/mol. The summed E-state index contributed by atoms with van der Waals surface area (Å²) in [6.07, 6.45) is 2.86. The zero-order valence-electron chi connectivity index (χ0n) is 14.2. The molecule has 25 heavy (non-hydrogen) atoms. The predicted octanol–water partition coefficient (Wildman–Crippen LogP) is 2.72. The van der Waals surface area contributed by atoms with E-state index in [1.807, 2.05) is 40.8 Å². The van der Waals surface area contributed by atoms with Crippen LogP contribution in [0.15, 0.2) is 30.5 Å². The van der Waals surface area contributed by atoms with Crippen LogP contribution in [0.25, 0.3) is 0 Å². The third-order valence-corrected chi connectivity index (χ3v) is 5.45. The van der Waals surface area contributed by atoms with E-state index in [2.05, 4.69) is 15.7 Å². The SMILES string of the molecule is Cc1cnn(Cc2ccc(Cl)cc2)c1NC(=O)N1CC[C@@H]2CNC[C@@H]21. The Morgan fingerprint density at radius 1 is 1.36 bits per heavy atom. The molecule has 0 saturated carbocycles. The number of anilines is 1. The van der Waals surface area contributed by atoms with Crippen molar-refractivity contribution in [2.24, 2.45) is 5.92 Å². The van der Waals surface area contributed by atoms with Crippen molar-refractivity contribution in [3.8, 4) is 0 Å². The number of carbonyl (C=O) groups is 1. The monoisotopic (exact) mass is 359 g/mol. The largest absolute Gasteiger partial charge is 0.323 e. The van der Waals surface area contributed by atoms with Crippen LogP contribution in [0.4, 0.5) is 10.6 Å². The number of carbonyl (C=O) groups excluding carboxylic acids is 1. The highest BCUT2D eigenvalue weighted by molar-refractivity contribution is 6.30. The van der Waals surface area contributed by atoms with Crippen LogP contribution >= 0.6 is 11.6 Å². The lowest BCUT2D eigenvalue weighted by Crippen LogP contribution is -2.42. The number of nitrogens with zero attached hydrogens (tertiary/aromatic N) is 3. The molecule has 0 radical (unpaired) electrons. The summed E-state index contributed by atoms with van der Waals surface area (Å²) in [5.74, 6) is 1.35. The third kappa shape index (κ3) is 3.24. The number of rotatable bonds is 3. The van der Waals surface area contributed by atoms with E-state index >= 15 is 0 Å². The van der Waals surface area contributed by atoms with Gasteiger partial charge in [0.15, 0.2) is 0 Å². The van der Waals surface area contributed by atoms with Crippen LogP contribution in [-0.4, -0.2) is 46.4 Å². The van der Waals surface area contributed by atoms with E-state index in [1.165, 1.54) is 0 Å². The summed E-state index contributed by atoms with van der Waals surface area (Å²) in [5.41, 5.74) is 2.05. The highest BCUT2D eigenvalue weighted by Crippen LogP contribution is 2.28. The molecule has 0 spiro atoms. The van der Waals surface area contributed by atoms with Crippen molar-refractivity contribution in [3.05, 3.63) is 46.6 Å². The van der Waals surface area contributed by atoms with Gasteiger partial charge in [-0.25, -0.2) is 9.48 Å². The molecule has 1 aromatic heterocycles. The molecule has 2 saturated heterocycles. The Labute approximate surface area is 152 Å². The minimum Gasteiger partial charge on any atom is -0.320 e. The Balaban J connectivity index is 1.49. The van der Waals surface area contributed by atoms with E-state index < -0.39 is 0 Å². The van der Waals surface area contributed by atoms with Gasteiger partial charge in [-0.1, -0.05) is 23.7 Å². The highest BCUT2D eigenvalue weighted by atomic mass is 35.5. The third-order valence-electron chi connectivity index (χ3n) is 5.20. The number of amides is 2. The van der Waals surface area contributed by atoms with Crippen LogP contribution in [0.5, 0.6) is 0 Å². The molecule has 1 aromatic carbocycles. The first kappa shape index (κ1) is 16.4. The van der Waals surface area contributed by atoms with Gasteiger partial charge >= 0.3 is 6.03 Å². The number of benzene rings is 1. The first-order valence-electron chi connectivity index (χ1n) is 8.67. The molecule has 132 valence electrons. The summed E-state index contributed by atoms with van der Waals surface area (Å²) in [7, 11) is 0. The standard InChI is InChI=1S/C18H22ClN5O/c1-12-8-21-24(11-13-2-4-15(19)5-3-13)17(12)22-18(25)23-7-6-14-9-20-10-16(14)23/h2-5,8,14,16,20H,6-7,9-11H2,1H3,(H,22,25)/t14-,16+/m1/s1. The van der Waals surface area contributed by atoms with Gasteiger partial charge in [0.25, 0.3) is 0 Å². The van der Waals surface area contributed by atoms with Gasteiger partial charge in [0.05, 0.1) is 12.7 Å². The summed E-state index contributed by atoms with van der Waals surface area (Å²) in [5, 5.41) is 11.6. The highest BCUT2D eigenvalue weighted by Gasteiger charge is 2.40. The molecule has 2 amide bonds. The topological polar surface area (TPSA) is 62.2 Å². The molecule has 2 N–H and O–H groups in total. The maximum Gasteiger partial charge on any atom is 0.323 e. The Hall–Kier alpha value is -2.05. The Kier molecular flexibility index (Phi) is 4.39. The molecule has 2 atom stereocenters. The fraction of sp³-hybridized carbons (Fsp3) is 0.444. The number of nitrogens with one attached hydrogen (secondary N) is 2. The normalized spacial score (nSPS) is 22.2. The zero-order chi connectivity index (χ0) is 17.4. The van der Waals surface area contributed by atoms with Crippen molar-refractivity contribution in [1.82, 2.24) is 20.0 Å². The minimum absolute atomic E-state index is 0.0304. The van der Waals surface area contributed by atoms with Gasteiger partial charge in [0.1, 0.15) is 5.82 Å². The second kappa shape index (κ2) is 6.69. The lowest BCUT2D eigenvalue weighted by molar-refractivity contribution is 0.206. The van der Waals surface area contributed by atoms with Crippen LogP contribution in [0.2, 0.25) is 5.02 Å². The molecule has 2 aliphatic rings. The molecule has 2 aliphatic heterocycles. The summed E-state index contributed by atoms with van der Waals surface area (Å²) in [4.78, 5) is 14.7. The Bertz CT molecular complexity index is 772. The molecular formula is C18H22ClN5O. The number of urea groups is 1. The van der Waals surface area contributed by atoms with Crippen LogP contribution in [0.1, 0.15) is 17.5 Å². The van der Waals surface area contributed by atoms with Gasteiger partial charge in [-0.15, -0.1) is 0 Å². The lowest BCUT2D eigenvalue weighted by atomic mass is 10.1. The van der Waals surface area contributed by atoms with Crippen molar-refractivity contribution < 1.29 is 4.79 Å². The predicted molar refractivity (Wildman–Crippen MR) is 98.0 cm³/mol. The summed E-state index contributed by atoms with van der Waals surface area (Å²) in [6, 6.07) is 7.96. The van der Waals surface area contributed by atoms with Crippen molar-refractivity contribution >= 4 is 23.4 Å². The average Bonchev–Trinajstić information content (AvgIpc) is 3.28. The molecule has 4 rings (SSSR count). The fourth-order valence-electron chi connectivity index (χ4n) is 3.80. The molecule has 6 nitrogen and oxygen atoms in total. The van der Waals surface area contributed by atoms with Crippen molar-refractivity contribution in [2.75, 3.05) is 25.0 Å². The second-order valence-electron chi connectivity index (χ2n) is 6.86. The van der Waals surface area contributed by atoms with Crippen LogP contribution in [-0.2, 0) is 6.54 Å². The van der Waals surface area contributed by atoms with E-state index in [4.69, 9.17) is 11.6 Å². The van der Waals surface area contributed by atoms with Gasteiger partial charge in [-0.05, 0) is 37.0 Å². The van der Waals surface area contributed by atoms with E-state index in [-0.39, 0.29) is 6.03 Å². The van der Waals surface area contributed by atoms with Crippen molar-refractivity contribution in [1.29, 1.82) is 0 Å². The molecule has 0 unspecified atom stereocenters. The Morgan fingerprint density at radius 2 is 2.16 bits per heavy atom. The number of fused-ring (bicyclic) bond motifs is 1. The van der Waals surface area contributed by atoms with Crippen LogP contribution < -0.4 is 10.6 Å². The van der Waals surface area contributed by atoms with Crippen LogP contribution in [0, 0.1) is 12.8 Å². The molecule has 2 aromatic rings. The van der Waals surface area contributed by atoms with E-state index in [9.17, 15) is 4.79 Å². The minimum atomic E-state index is -0.0304. The maximum atomic E-state index is 12.8. The molecule has 2 fully saturated rings. The van der Waals surface area contributed by atoms with Crippen molar-refractivity contribution in [2.45, 2.75) is 25.9 Å². The lowest BCUT2D eigenvalue weighted by Gasteiger charge is -2.24. The van der Waals surface area contributed by atoms with Crippen molar-refractivity contribution in [3.63, 3.8) is 0 Å².